The quantitative estimate of drug-likeness (QED) is 0.0222. The Labute approximate surface area is 619 Å². The van der Waals surface area contributed by atoms with Crippen molar-refractivity contribution in [3.8, 4) is 0 Å². The highest BCUT2D eigenvalue weighted by molar-refractivity contribution is 7.47. The van der Waals surface area contributed by atoms with E-state index in [-0.39, 0.29) is 25.7 Å². The van der Waals surface area contributed by atoms with Gasteiger partial charge in [0.2, 0.25) is 0 Å². The lowest BCUT2D eigenvalue weighted by molar-refractivity contribution is -0.161. The number of unbranched alkanes of at least 4 members (excludes halogenated alkanes) is 51. The van der Waals surface area contributed by atoms with Gasteiger partial charge in [0.05, 0.1) is 26.4 Å². The maximum absolute atomic E-state index is 13.1. The van der Waals surface area contributed by atoms with Gasteiger partial charge in [-0.2, -0.15) is 0 Å². The molecule has 0 aliphatic heterocycles. The molecule has 17 nitrogen and oxygen atoms in total. The minimum absolute atomic E-state index is 0.108. The zero-order valence-electron chi connectivity index (χ0n) is 66.2. The lowest BCUT2D eigenvalue weighted by atomic mass is 10.0. The van der Waals surface area contributed by atoms with E-state index >= 15 is 0 Å². The van der Waals surface area contributed by atoms with Gasteiger partial charge in [-0.3, -0.25) is 37.3 Å². The molecule has 5 atom stereocenters. The Bertz CT molecular complexity index is 1940. The second-order valence-corrected chi connectivity index (χ2v) is 33.4. The summed E-state index contributed by atoms with van der Waals surface area (Å²) in [5, 5.41) is 10.6. The highest BCUT2D eigenvalue weighted by Gasteiger charge is 2.30. The first-order valence-electron chi connectivity index (χ1n) is 42.5. The largest absolute Gasteiger partial charge is 0.472 e. The molecule has 0 bridgehead atoms. The van der Waals surface area contributed by atoms with Crippen molar-refractivity contribution < 1.29 is 80.2 Å². The van der Waals surface area contributed by atoms with E-state index in [0.717, 1.165) is 102 Å². The molecule has 0 fully saturated rings. The molecule has 0 aliphatic carbocycles. The van der Waals surface area contributed by atoms with Crippen molar-refractivity contribution in [1.29, 1.82) is 0 Å². The Balaban J connectivity index is 5.23. The molecular weight excluding hydrogens is 1320 g/mol. The molecule has 0 aromatic carbocycles. The third-order valence-corrected chi connectivity index (χ3v) is 21.1. The molecule has 0 heterocycles. The smallest absolute Gasteiger partial charge is 0.462 e. The van der Waals surface area contributed by atoms with Crippen LogP contribution in [0.1, 0.15) is 433 Å². The van der Waals surface area contributed by atoms with Crippen molar-refractivity contribution in [2.75, 3.05) is 39.6 Å². The van der Waals surface area contributed by atoms with Gasteiger partial charge in [0.1, 0.15) is 19.3 Å². The molecule has 2 unspecified atom stereocenters. The molecule has 0 spiro atoms. The molecule has 0 saturated heterocycles. The second kappa shape index (κ2) is 73.6. The first-order valence-corrected chi connectivity index (χ1v) is 45.5. The predicted octanol–water partition coefficient (Wildman–Crippen LogP) is 24.7. The molecule has 0 aliphatic rings. The number of aliphatic hydroxyl groups excluding tert-OH is 1. The van der Waals surface area contributed by atoms with Gasteiger partial charge in [-0.05, 0) is 37.5 Å². The van der Waals surface area contributed by atoms with Crippen LogP contribution < -0.4 is 0 Å². The van der Waals surface area contributed by atoms with Crippen molar-refractivity contribution in [2.45, 2.75) is 452 Å². The van der Waals surface area contributed by atoms with Crippen LogP contribution in [0.4, 0.5) is 0 Å². The molecule has 0 aromatic rings. The zero-order valence-corrected chi connectivity index (χ0v) is 68.0. The predicted molar refractivity (Wildman–Crippen MR) is 414 cm³/mol. The van der Waals surface area contributed by atoms with Crippen LogP contribution in [0, 0.1) is 11.8 Å². The van der Waals surface area contributed by atoms with Gasteiger partial charge in [0, 0.05) is 25.7 Å². The zero-order chi connectivity index (χ0) is 74.2. The highest BCUT2D eigenvalue weighted by Crippen LogP contribution is 2.45. The summed E-state index contributed by atoms with van der Waals surface area (Å²) >= 11 is 0. The average Bonchev–Trinajstić information content (AvgIpc) is 1.01. The van der Waals surface area contributed by atoms with Gasteiger partial charge in [-0.25, -0.2) is 9.13 Å². The Morgan fingerprint density at radius 3 is 0.673 bits per heavy atom. The number of esters is 4. The van der Waals surface area contributed by atoms with Crippen LogP contribution in [0.3, 0.4) is 0 Å². The monoisotopic (exact) mass is 1480 g/mol. The average molecular weight is 1480 g/mol. The van der Waals surface area contributed by atoms with Gasteiger partial charge in [-0.15, -0.1) is 0 Å². The van der Waals surface area contributed by atoms with Crippen LogP contribution in [-0.4, -0.2) is 96.7 Å². The number of hydrogen-bond acceptors (Lipinski definition) is 15. The summed E-state index contributed by atoms with van der Waals surface area (Å²) in [6.45, 7) is 9.69. The van der Waals surface area contributed by atoms with Gasteiger partial charge >= 0.3 is 39.5 Å². The topological polar surface area (TPSA) is 237 Å². The van der Waals surface area contributed by atoms with Crippen molar-refractivity contribution >= 4 is 39.5 Å². The summed E-state index contributed by atoms with van der Waals surface area (Å²) in [5.74, 6) is -0.513. The Morgan fingerprint density at radius 1 is 0.267 bits per heavy atom. The van der Waals surface area contributed by atoms with Crippen LogP contribution in [0.25, 0.3) is 0 Å². The lowest BCUT2D eigenvalue weighted by Crippen LogP contribution is -2.30. The van der Waals surface area contributed by atoms with Crippen LogP contribution in [-0.2, 0) is 65.4 Å². The standard InChI is InChI=1S/C82H160O17P2/c1-7-9-11-13-15-17-19-21-29-35-42-48-54-60-66-81(86)98-77(70-92-79(84)64-58-52-46-40-34-20-18-16-14-12-10-8-2)72-96-100(88,89)94-68-76(83)69-95-101(90,91)97-73-78(71-93-80(85)65-59-53-47-41-37-31-33-39-45-51-57-63-75(5)6)99-82(87)67-61-55-49-43-36-30-27-25-23-22-24-26-28-32-38-44-50-56-62-74(3)4/h74-78,83H,7-73H2,1-6H3,(H,88,89)(H,90,91)/t76-,77+,78+/m0/s1. The molecule has 19 heteroatoms. The summed E-state index contributed by atoms with van der Waals surface area (Å²) in [4.78, 5) is 73.1. The summed E-state index contributed by atoms with van der Waals surface area (Å²) in [5.41, 5.74) is 0. The number of carbonyl (C=O) groups excluding carboxylic acids is 4. The van der Waals surface area contributed by atoms with Gasteiger partial charge < -0.3 is 33.8 Å². The van der Waals surface area contributed by atoms with E-state index in [9.17, 15) is 43.2 Å². The molecule has 101 heavy (non-hydrogen) atoms. The second-order valence-electron chi connectivity index (χ2n) is 30.5. The number of aliphatic hydroxyl groups is 1. The third-order valence-electron chi connectivity index (χ3n) is 19.2. The number of rotatable bonds is 81. The van der Waals surface area contributed by atoms with E-state index in [2.05, 4.69) is 41.5 Å². The van der Waals surface area contributed by atoms with E-state index < -0.39 is 97.5 Å². The highest BCUT2D eigenvalue weighted by atomic mass is 31.2. The van der Waals surface area contributed by atoms with Crippen molar-refractivity contribution in [3.05, 3.63) is 0 Å². The molecule has 3 N–H and O–H groups in total. The van der Waals surface area contributed by atoms with Crippen LogP contribution in [0.5, 0.6) is 0 Å². The maximum Gasteiger partial charge on any atom is 0.472 e. The van der Waals surface area contributed by atoms with Crippen LogP contribution >= 0.6 is 15.6 Å². The van der Waals surface area contributed by atoms with Gasteiger partial charge in [-0.1, -0.05) is 382 Å². The first-order chi connectivity index (χ1) is 48.9. The van der Waals surface area contributed by atoms with Crippen molar-refractivity contribution in [1.82, 2.24) is 0 Å². The summed E-state index contributed by atoms with van der Waals surface area (Å²) in [6, 6.07) is 0. The van der Waals surface area contributed by atoms with E-state index in [1.807, 2.05) is 0 Å². The number of ether oxygens (including phenoxy) is 4. The van der Waals surface area contributed by atoms with Gasteiger partial charge in [0.15, 0.2) is 12.2 Å². The molecule has 0 aromatic heterocycles. The number of phosphoric acid groups is 2. The Hall–Kier alpha value is -1.94. The van der Waals surface area contributed by atoms with E-state index in [1.54, 1.807) is 0 Å². The Kier molecular flexibility index (Phi) is 72.2. The van der Waals surface area contributed by atoms with E-state index in [0.29, 0.717) is 25.7 Å². The number of carbonyl (C=O) groups is 4. The number of phosphoric ester groups is 2. The SMILES string of the molecule is CCCCCCCCCCCCCCCCC(=O)O[C@H](COC(=O)CCCCCCCCCCCCCC)COP(=O)(O)OC[C@H](O)COP(=O)(O)OC[C@@H](COC(=O)CCCCCCCCCCCCCC(C)C)OC(=O)CCCCCCCCCCCCCCCCCCCCC(C)C. The van der Waals surface area contributed by atoms with E-state index in [4.69, 9.17) is 37.0 Å². The third kappa shape index (κ3) is 76.1. The first kappa shape index (κ1) is 99.1. The van der Waals surface area contributed by atoms with Crippen molar-refractivity contribution in [3.63, 3.8) is 0 Å². The van der Waals surface area contributed by atoms with Crippen LogP contribution in [0.15, 0.2) is 0 Å². The fraction of sp³-hybridized carbons (Fsp3) is 0.951. The minimum atomic E-state index is -4.96. The summed E-state index contributed by atoms with van der Waals surface area (Å²) in [7, 11) is -9.92. The molecule has 0 radical (unpaired) electrons. The lowest BCUT2D eigenvalue weighted by Gasteiger charge is -2.21. The van der Waals surface area contributed by atoms with Crippen molar-refractivity contribution in [2.24, 2.45) is 11.8 Å². The summed E-state index contributed by atoms with van der Waals surface area (Å²) in [6.07, 6.45) is 63.7. The molecule has 0 rings (SSSR count). The molecule has 600 valence electrons. The number of hydrogen-bond donors (Lipinski definition) is 3. The van der Waals surface area contributed by atoms with E-state index in [1.165, 1.54) is 250 Å². The van der Waals surface area contributed by atoms with Crippen LogP contribution in [0.2, 0.25) is 0 Å². The molecule has 0 amide bonds. The fourth-order valence-electron chi connectivity index (χ4n) is 12.7. The summed E-state index contributed by atoms with van der Waals surface area (Å²) < 4.78 is 68.8. The molecule has 0 saturated carbocycles. The minimum Gasteiger partial charge on any atom is -0.462 e. The van der Waals surface area contributed by atoms with Gasteiger partial charge in [0.25, 0.3) is 0 Å². The Morgan fingerprint density at radius 2 is 0.455 bits per heavy atom. The normalized spacial score (nSPS) is 13.9. The maximum atomic E-state index is 13.1. The molecular formula is C82H160O17P2. The fourth-order valence-corrected chi connectivity index (χ4v) is 14.3.